The minimum Gasteiger partial charge on any atom is -0.480 e. The molecule has 0 aliphatic heterocycles. The fraction of sp³-hybridized carbons (Fsp3) is 0.167. The van der Waals surface area contributed by atoms with Crippen LogP contribution in [0.3, 0.4) is 0 Å². The first kappa shape index (κ1) is 25.2. The number of aromatic nitrogens is 3. The Hall–Kier alpha value is -4.43. The SMILES string of the molecule is CCN(CC(=O)O)Cc1cc2nc(-c3ccc(F)cc3)c(-c3ccncc3)c(-c3ccc(F)cc3)c2n1C. The Kier molecular flexibility index (Phi) is 6.98. The van der Waals surface area contributed by atoms with Crippen LogP contribution in [0.25, 0.3) is 44.5 Å². The van der Waals surface area contributed by atoms with Crippen LogP contribution >= 0.6 is 0 Å². The van der Waals surface area contributed by atoms with E-state index in [4.69, 9.17) is 4.98 Å². The molecule has 2 aromatic carbocycles. The van der Waals surface area contributed by atoms with Gasteiger partial charge in [-0.15, -0.1) is 0 Å². The van der Waals surface area contributed by atoms with E-state index >= 15 is 0 Å². The van der Waals surface area contributed by atoms with Gasteiger partial charge in [0.2, 0.25) is 0 Å². The van der Waals surface area contributed by atoms with Gasteiger partial charge in [0.25, 0.3) is 0 Å². The second kappa shape index (κ2) is 10.5. The number of carbonyl (C=O) groups is 1. The average Bonchev–Trinajstić information content (AvgIpc) is 3.23. The standard InChI is InChI=1S/C30H26F2N4O2/c1-3-36(18-26(37)38)17-24-16-25-30(35(24)2)28(19-4-8-22(31)9-5-19)27(20-12-14-33-15-13-20)29(34-25)21-6-10-23(32)11-7-21/h4-16H,3,17-18H2,1-2H3,(H,37,38). The number of carboxylic acid groups (broad SMARTS) is 1. The fourth-order valence-electron chi connectivity index (χ4n) is 4.80. The maximum Gasteiger partial charge on any atom is 0.317 e. The molecule has 0 spiro atoms. The van der Waals surface area contributed by atoms with Crippen LogP contribution in [-0.2, 0) is 18.4 Å². The van der Waals surface area contributed by atoms with E-state index in [0.717, 1.165) is 39.0 Å². The van der Waals surface area contributed by atoms with Crippen LogP contribution in [0.4, 0.5) is 8.78 Å². The van der Waals surface area contributed by atoms with Crippen molar-refractivity contribution >= 4 is 17.0 Å². The number of nitrogens with zero attached hydrogens (tertiary/aromatic N) is 4. The summed E-state index contributed by atoms with van der Waals surface area (Å²) < 4.78 is 29.8. The molecule has 192 valence electrons. The van der Waals surface area contributed by atoms with Crippen molar-refractivity contribution in [2.45, 2.75) is 13.5 Å². The molecule has 0 saturated heterocycles. The Balaban J connectivity index is 1.85. The van der Waals surface area contributed by atoms with Crippen LogP contribution in [0.5, 0.6) is 0 Å². The molecular formula is C30H26F2N4O2. The Labute approximate surface area is 218 Å². The Bertz CT molecular complexity index is 1600. The van der Waals surface area contributed by atoms with Crippen LogP contribution in [0.15, 0.2) is 79.1 Å². The van der Waals surface area contributed by atoms with Gasteiger partial charge in [-0.3, -0.25) is 14.7 Å². The van der Waals surface area contributed by atoms with E-state index in [-0.39, 0.29) is 18.2 Å². The maximum atomic E-state index is 14.0. The normalized spacial score (nSPS) is 11.4. The van der Waals surface area contributed by atoms with Gasteiger partial charge in [-0.25, -0.2) is 13.8 Å². The summed E-state index contributed by atoms with van der Waals surface area (Å²) in [6.07, 6.45) is 3.40. The smallest absolute Gasteiger partial charge is 0.317 e. The van der Waals surface area contributed by atoms with Crippen molar-refractivity contribution in [1.29, 1.82) is 0 Å². The van der Waals surface area contributed by atoms with E-state index in [1.807, 2.05) is 41.6 Å². The van der Waals surface area contributed by atoms with Crippen molar-refractivity contribution in [3.63, 3.8) is 0 Å². The summed E-state index contributed by atoms with van der Waals surface area (Å²) in [6.45, 7) is 2.81. The number of hydrogen-bond donors (Lipinski definition) is 1. The minimum atomic E-state index is -0.894. The Morgan fingerprint density at radius 3 is 2.05 bits per heavy atom. The van der Waals surface area contributed by atoms with Gasteiger partial charge in [0, 0.05) is 48.4 Å². The largest absolute Gasteiger partial charge is 0.480 e. The third-order valence-electron chi connectivity index (χ3n) is 6.68. The lowest BCUT2D eigenvalue weighted by Crippen LogP contribution is -2.29. The number of aryl methyl sites for hydroxylation is 1. The van der Waals surface area contributed by atoms with Gasteiger partial charge in [0.15, 0.2) is 0 Å². The summed E-state index contributed by atoms with van der Waals surface area (Å²) in [5.41, 5.74) is 7.10. The zero-order chi connectivity index (χ0) is 26.8. The third kappa shape index (κ3) is 4.90. The summed E-state index contributed by atoms with van der Waals surface area (Å²) in [5.74, 6) is -1.59. The van der Waals surface area contributed by atoms with Crippen LogP contribution < -0.4 is 0 Å². The lowest BCUT2D eigenvalue weighted by Gasteiger charge is -2.20. The molecule has 0 amide bonds. The van der Waals surface area contributed by atoms with Gasteiger partial charge < -0.3 is 9.67 Å². The highest BCUT2D eigenvalue weighted by Gasteiger charge is 2.23. The van der Waals surface area contributed by atoms with Crippen molar-refractivity contribution < 1.29 is 18.7 Å². The molecule has 3 heterocycles. The number of benzene rings is 2. The van der Waals surface area contributed by atoms with E-state index in [9.17, 15) is 18.7 Å². The van der Waals surface area contributed by atoms with E-state index < -0.39 is 5.97 Å². The van der Waals surface area contributed by atoms with Crippen molar-refractivity contribution in [3.05, 3.63) is 96.5 Å². The molecule has 0 atom stereocenters. The number of aliphatic carboxylic acids is 1. The number of rotatable bonds is 8. The first-order valence-electron chi connectivity index (χ1n) is 12.2. The number of likely N-dealkylation sites (N-methyl/N-ethyl adjacent to an activating group) is 1. The highest BCUT2D eigenvalue weighted by Crippen LogP contribution is 2.43. The monoisotopic (exact) mass is 512 g/mol. The summed E-state index contributed by atoms with van der Waals surface area (Å²) in [6, 6.07) is 18.2. The molecule has 6 nitrogen and oxygen atoms in total. The van der Waals surface area contributed by atoms with Crippen LogP contribution in [0.1, 0.15) is 12.6 Å². The molecule has 8 heteroatoms. The summed E-state index contributed by atoms with van der Waals surface area (Å²) in [5, 5.41) is 9.34. The van der Waals surface area contributed by atoms with Crippen LogP contribution in [-0.4, -0.2) is 43.6 Å². The number of hydrogen-bond acceptors (Lipinski definition) is 4. The Morgan fingerprint density at radius 1 is 0.895 bits per heavy atom. The van der Waals surface area contributed by atoms with Gasteiger partial charge in [-0.2, -0.15) is 0 Å². The molecule has 0 aliphatic carbocycles. The molecule has 5 aromatic rings. The number of halogens is 2. The first-order valence-corrected chi connectivity index (χ1v) is 12.2. The molecule has 0 fully saturated rings. The van der Waals surface area contributed by atoms with Gasteiger partial charge in [-0.05, 0) is 72.3 Å². The topological polar surface area (TPSA) is 71.2 Å². The summed E-state index contributed by atoms with van der Waals surface area (Å²) in [7, 11) is 1.93. The molecule has 0 unspecified atom stereocenters. The van der Waals surface area contributed by atoms with Gasteiger partial charge >= 0.3 is 5.97 Å². The van der Waals surface area contributed by atoms with Crippen molar-refractivity contribution in [1.82, 2.24) is 19.4 Å². The van der Waals surface area contributed by atoms with Gasteiger partial charge in [0.1, 0.15) is 11.6 Å². The molecule has 3 aromatic heterocycles. The zero-order valence-electron chi connectivity index (χ0n) is 21.0. The molecule has 0 aliphatic rings. The molecule has 0 radical (unpaired) electrons. The summed E-state index contributed by atoms with van der Waals surface area (Å²) in [4.78, 5) is 22.4. The summed E-state index contributed by atoms with van der Waals surface area (Å²) >= 11 is 0. The van der Waals surface area contributed by atoms with E-state index in [1.54, 1.807) is 36.7 Å². The molecule has 38 heavy (non-hydrogen) atoms. The minimum absolute atomic E-state index is 0.0840. The lowest BCUT2D eigenvalue weighted by molar-refractivity contribution is -0.138. The van der Waals surface area contributed by atoms with Crippen molar-refractivity contribution in [2.24, 2.45) is 7.05 Å². The maximum absolute atomic E-state index is 14.0. The number of fused-ring (bicyclic) bond motifs is 1. The lowest BCUT2D eigenvalue weighted by atomic mass is 9.90. The quantitative estimate of drug-likeness (QED) is 0.270. The molecule has 0 bridgehead atoms. The Morgan fingerprint density at radius 2 is 1.47 bits per heavy atom. The third-order valence-corrected chi connectivity index (χ3v) is 6.68. The highest BCUT2D eigenvalue weighted by molar-refractivity contribution is 6.06. The predicted octanol–water partition coefficient (Wildman–Crippen LogP) is 6.15. The van der Waals surface area contributed by atoms with Crippen molar-refractivity contribution in [2.75, 3.05) is 13.1 Å². The first-order chi connectivity index (χ1) is 18.4. The van der Waals surface area contributed by atoms with Crippen LogP contribution in [0, 0.1) is 11.6 Å². The van der Waals surface area contributed by atoms with Crippen LogP contribution in [0.2, 0.25) is 0 Å². The van der Waals surface area contributed by atoms with Gasteiger partial charge in [-0.1, -0.05) is 19.1 Å². The zero-order valence-corrected chi connectivity index (χ0v) is 21.0. The average molecular weight is 513 g/mol. The predicted molar refractivity (Wildman–Crippen MR) is 143 cm³/mol. The second-order valence-electron chi connectivity index (χ2n) is 9.09. The molecular weight excluding hydrogens is 486 g/mol. The number of pyridine rings is 2. The van der Waals surface area contributed by atoms with Gasteiger partial charge in [0.05, 0.1) is 23.3 Å². The molecule has 5 rings (SSSR count). The number of carboxylic acids is 1. The second-order valence-corrected chi connectivity index (χ2v) is 9.09. The highest BCUT2D eigenvalue weighted by atomic mass is 19.1. The fourth-order valence-corrected chi connectivity index (χ4v) is 4.80. The molecule has 0 saturated carbocycles. The van der Waals surface area contributed by atoms with E-state index in [2.05, 4.69) is 4.98 Å². The van der Waals surface area contributed by atoms with E-state index in [0.29, 0.717) is 24.3 Å². The van der Waals surface area contributed by atoms with E-state index in [1.165, 1.54) is 24.3 Å². The molecule has 1 N–H and O–H groups in total. The van der Waals surface area contributed by atoms with Crippen molar-refractivity contribution in [3.8, 4) is 33.5 Å².